The molecule has 0 bridgehead atoms. The third kappa shape index (κ3) is 3.02. The van der Waals surface area contributed by atoms with Gasteiger partial charge in [0.15, 0.2) is 6.29 Å². The van der Waals surface area contributed by atoms with Gasteiger partial charge in [0.2, 0.25) is 0 Å². The van der Waals surface area contributed by atoms with Crippen LogP contribution in [0.5, 0.6) is 0 Å². The Kier molecular flexibility index (Phi) is 3.13. The van der Waals surface area contributed by atoms with Gasteiger partial charge in [0.05, 0.1) is 6.20 Å². The van der Waals surface area contributed by atoms with Crippen molar-refractivity contribution < 1.29 is 14.7 Å². The van der Waals surface area contributed by atoms with E-state index < -0.39 is 5.97 Å². The number of aldehydes is 1. The zero-order valence-electron chi connectivity index (χ0n) is 6.88. The molecule has 6 heteroatoms. The highest BCUT2D eigenvalue weighted by Gasteiger charge is 2.00. The van der Waals surface area contributed by atoms with E-state index in [9.17, 15) is 9.59 Å². The summed E-state index contributed by atoms with van der Waals surface area (Å²) in [7, 11) is 0. The molecule has 6 nitrogen and oxygen atoms in total. The molecule has 1 rings (SSSR count). The highest BCUT2D eigenvalue weighted by Crippen LogP contribution is 1.94. The SMILES string of the molecule is O=Cc1cn(CCCC(=O)O)nn1. The van der Waals surface area contributed by atoms with Crippen LogP contribution in [0, 0.1) is 0 Å². The van der Waals surface area contributed by atoms with Crippen molar-refractivity contribution >= 4 is 12.3 Å². The van der Waals surface area contributed by atoms with Crippen molar-refractivity contribution in [2.24, 2.45) is 0 Å². The molecule has 0 radical (unpaired) electrons. The van der Waals surface area contributed by atoms with E-state index in [1.807, 2.05) is 0 Å². The van der Waals surface area contributed by atoms with E-state index in [2.05, 4.69) is 10.3 Å². The number of carboxylic acid groups (broad SMARTS) is 1. The van der Waals surface area contributed by atoms with Gasteiger partial charge in [0, 0.05) is 13.0 Å². The Balaban J connectivity index is 2.36. The normalized spacial score (nSPS) is 9.85. The molecule has 0 aliphatic rings. The second-order valence-electron chi connectivity index (χ2n) is 2.52. The van der Waals surface area contributed by atoms with Gasteiger partial charge in [-0.1, -0.05) is 5.21 Å². The number of carboxylic acids is 1. The lowest BCUT2D eigenvalue weighted by Crippen LogP contribution is -2.02. The summed E-state index contributed by atoms with van der Waals surface area (Å²) in [4.78, 5) is 20.3. The van der Waals surface area contributed by atoms with Gasteiger partial charge in [-0.05, 0) is 6.42 Å². The predicted molar refractivity (Wildman–Crippen MR) is 42.3 cm³/mol. The minimum absolute atomic E-state index is 0.0935. The molecule has 1 heterocycles. The maximum Gasteiger partial charge on any atom is 0.303 e. The lowest BCUT2D eigenvalue weighted by molar-refractivity contribution is -0.137. The molecule has 0 aliphatic heterocycles. The van der Waals surface area contributed by atoms with Crippen LogP contribution in [0.1, 0.15) is 23.3 Å². The van der Waals surface area contributed by atoms with Crippen molar-refractivity contribution in [3.8, 4) is 0 Å². The first-order chi connectivity index (χ1) is 6.22. The number of aliphatic carboxylic acids is 1. The summed E-state index contributed by atoms with van der Waals surface area (Å²) in [5.41, 5.74) is 0.260. The van der Waals surface area contributed by atoms with Crippen LogP contribution in [0.15, 0.2) is 6.20 Å². The van der Waals surface area contributed by atoms with E-state index in [0.717, 1.165) is 0 Å². The van der Waals surface area contributed by atoms with Gasteiger partial charge >= 0.3 is 5.97 Å². The fourth-order valence-electron chi connectivity index (χ4n) is 0.869. The summed E-state index contributed by atoms with van der Waals surface area (Å²) in [5.74, 6) is -0.837. The Morgan fingerprint density at radius 1 is 1.69 bits per heavy atom. The highest BCUT2D eigenvalue weighted by atomic mass is 16.4. The molecule has 1 N–H and O–H groups in total. The van der Waals surface area contributed by atoms with E-state index in [0.29, 0.717) is 19.3 Å². The number of carbonyl (C=O) groups excluding carboxylic acids is 1. The molecule has 0 spiro atoms. The number of aromatic nitrogens is 3. The number of hydrogen-bond donors (Lipinski definition) is 1. The van der Waals surface area contributed by atoms with Gasteiger partial charge in [-0.2, -0.15) is 0 Å². The summed E-state index contributed by atoms with van der Waals surface area (Å²) in [6, 6.07) is 0. The Morgan fingerprint density at radius 2 is 2.46 bits per heavy atom. The highest BCUT2D eigenvalue weighted by molar-refractivity contribution is 5.70. The summed E-state index contributed by atoms with van der Waals surface area (Å²) in [5, 5.41) is 15.5. The smallest absolute Gasteiger partial charge is 0.303 e. The van der Waals surface area contributed by atoms with E-state index in [4.69, 9.17) is 5.11 Å². The largest absolute Gasteiger partial charge is 0.481 e. The van der Waals surface area contributed by atoms with Gasteiger partial charge in [-0.3, -0.25) is 14.3 Å². The zero-order chi connectivity index (χ0) is 9.68. The number of rotatable bonds is 5. The van der Waals surface area contributed by atoms with Crippen LogP contribution in [0.25, 0.3) is 0 Å². The lowest BCUT2D eigenvalue weighted by atomic mass is 10.3. The molecule has 0 saturated heterocycles. The van der Waals surface area contributed by atoms with Gasteiger partial charge in [0.25, 0.3) is 0 Å². The summed E-state index contributed by atoms with van der Waals surface area (Å²) >= 11 is 0. The zero-order valence-corrected chi connectivity index (χ0v) is 6.88. The van der Waals surface area contributed by atoms with Crippen molar-refractivity contribution in [2.75, 3.05) is 0 Å². The molecule has 0 fully saturated rings. The fourth-order valence-corrected chi connectivity index (χ4v) is 0.869. The maximum atomic E-state index is 10.2. The molecule has 0 atom stereocenters. The molecule has 1 aromatic rings. The van der Waals surface area contributed by atoms with E-state index in [-0.39, 0.29) is 12.1 Å². The first kappa shape index (κ1) is 9.37. The number of nitrogens with zero attached hydrogens (tertiary/aromatic N) is 3. The molecule has 0 aliphatic carbocycles. The fraction of sp³-hybridized carbons (Fsp3) is 0.429. The molecule has 1 aromatic heterocycles. The van der Waals surface area contributed by atoms with Gasteiger partial charge in [-0.15, -0.1) is 5.10 Å². The van der Waals surface area contributed by atoms with Crippen molar-refractivity contribution in [1.82, 2.24) is 15.0 Å². The first-order valence-electron chi connectivity index (χ1n) is 3.79. The van der Waals surface area contributed by atoms with Crippen molar-refractivity contribution in [3.63, 3.8) is 0 Å². The van der Waals surface area contributed by atoms with E-state index in [1.54, 1.807) is 0 Å². The van der Waals surface area contributed by atoms with Crippen LogP contribution in [0.2, 0.25) is 0 Å². The lowest BCUT2D eigenvalue weighted by Gasteiger charge is -1.95. The average molecular weight is 183 g/mol. The predicted octanol–water partition coefficient (Wildman–Crippen LogP) is -0.0446. The molecule has 0 aromatic carbocycles. The van der Waals surface area contributed by atoms with Crippen LogP contribution in [0.3, 0.4) is 0 Å². The van der Waals surface area contributed by atoms with Gasteiger partial charge < -0.3 is 5.11 Å². The quantitative estimate of drug-likeness (QED) is 0.647. The maximum absolute atomic E-state index is 10.2. The molecular formula is C7H9N3O3. The number of carbonyl (C=O) groups is 2. The Hall–Kier alpha value is -1.72. The Morgan fingerprint density at radius 3 is 3.00 bits per heavy atom. The van der Waals surface area contributed by atoms with Crippen LogP contribution < -0.4 is 0 Å². The Labute approximate surface area is 74.2 Å². The van der Waals surface area contributed by atoms with E-state index in [1.165, 1.54) is 10.9 Å². The minimum atomic E-state index is -0.837. The van der Waals surface area contributed by atoms with Crippen LogP contribution in [0.4, 0.5) is 0 Å². The van der Waals surface area contributed by atoms with Crippen molar-refractivity contribution in [1.29, 1.82) is 0 Å². The molecule has 0 amide bonds. The molecule has 0 unspecified atom stereocenters. The van der Waals surface area contributed by atoms with Crippen LogP contribution in [-0.2, 0) is 11.3 Å². The van der Waals surface area contributed by atoms with E-state index >= 15 is 0 Å². The second kappa shape index (κ2) is 4.34. The van der Waals surface area contributed by atoms with Crippen LogP contribution in [-0.4, -0.2) is 32.4 Å². The molecule has 13 heavy (non-hydrogen) atoms. The summed E-state index contributed by atoms with van der Waals surface area (Å²) < 4.78 is 1.45. The molecule has 70 valence electrons. The van der Waals surface area contributed by atoms with Crippen LogP contribution >= 0.6 is 0 Å². The third-order valence-corrected chi connectivity index (χ3v) is 1.45. The summed E-state index contributed by atoms with van der Waals surface area (Å²) in [6.45, 7) is 0.465. The van der Waals surface area contributed by atoms with Gasteiger partial charge in [-0.25, -0.2) is 0 Å². The minimum Gasteiger partial charge on any atom is -0.481 e. The van der Waals surface area contributed by atoms with Gasteiger partial charge in [0.1, 0.15) is 5.69 Å². The monoisotopic (exact) mass is 183 g/mol. The first-order valence-corrected chi connectivity index (χ1v) is 3.79. The average Bonchev–Trinajstić information content (AvgIpc) is 2.52. The standard InChI is InChI=1S/C7H9N3O3/c11-5-6-4-10(9-8-6)3-1-2-7(12)13/h4-5H,1-3H2,(H,12,13). The third-order valence-electron chi connectivity index (χ3n) is 1.45. The molecular weight excluding hydrogens is 174 g/mol. The summed E-state index contributed by atoms with van der Waals surface area (Å²) in [6.07, 6.45) is 2.66. The number of aryl methyl sites for hydroxylation is 1. The Bertz CT molecular complexity index is 308. The molecule has 0 saturated carbocycles. The number of hydrogen-bond acceptors (Lipinski definition) is 4. The van der Waals surface area contributed by atoms with Crippen molar-refractivity contribution in [3.05, 3.63) is 11.9 Å². The topological polar surface area (TPSA) is 85.1 Å². The van der Waals surface area contributed by atoms with Crippen molar-refractivity contribution in [2.45, 2.75) is 19.4 Å². The second-order valence-corrected chi connectivity index (χ2v) is 2.52.